The third-order valence-corrected chi connectivity index (χ3v) is 3.00. The molecule has 0 aliphatic carbocycles. The van der Waals surface area contributed by atoms with Gasteiger partial charge in [0, 0.05) is 23.9 Å². The van der Waals surface area contributed by atoms with E-state index in [1.807, 2.05) is 6.07 Å². The Bertz CT molecular complexity index is 728. The lowest BCUT2D eigenvalue weighted by atomic mass is 10.1. The molecule has 126 valence electrons. The van der Waals surface area contributed by atoms with Gasteiger partial charge in [-0.15, -0.1) is 0 Å². The zero-order chi connectivity index (χ0) is 17.6. The molecule has 0 saturated heterocycles. The van der Waals surface area contributed by atoms with E-state index in [0.717, 1.165) is 11.1 Å². The van der Waals surface area contributed by atoms with Crippen LogP contribution in [0.2, 0.25) is 0 Å². The minimum atomic E-state index is -0.581. The average Bonchev–Trinajstić information content (AvgIpc) is 2.98. The number of nitrogens with one attached hydrogen (secondary N) is 2. The number of aromatic nitrogens is 2. The number of anilines is 1. The van der Waals surface area contributed by atoms with Crippen molar-refractivity contribution >= 4 is 23.6 Å². The molecule has 0 fully saturated rings. The molecular formula is C18H21N3O3. The van der Waals surface area contributed by atoms with Gasteiger partial charge in [-0.2, -0.15) is 5.10 Å². The maximum absolute atomic E-state index is 12.1. The second-order valence-corrected chi connectivity index (χ2v) is 6.29. The first kappa shape index (κ1) is 17.5. The van der Waals surface area contributed by atoms with Gasteiger partial charge in [-0.25, -0.2) is 4.79 Å². The Balaban J connectivity index is 2.03. The third-order valence-electron chi connectivity index (χ3n) is 3.00. The summed E-state index contributed by atoms with van der Waals surface area (Å²) >= 11 is 0. The van der Waals surface area contributed by atoms with E-state index >= 15 is 0 Å². The highest BCUT2D eigenvalue weighted by Crippen LogP contribution is 2.18. The quantitative estimate of drug-likeness (QED) is 0.822. The Morgan fingerprint density at radius 3 is 2.71 bits per heavy atom. The Hall–Kier alpha value is -2.89. The molecule has 2 aromatic rings. The molecule has 6 nitrogen and oxygen atoms in total. The molecule has 0 unspecified atom stereocenters. The minimum Gasteiger partial charge on any atom is -0.444 e. The van der Waals surface area contributed by atoms with E-state index in [9.17, 15) is 9.59 Å². The number of nitrogens with zero attached hydrogens (tertiary/aromatic N) is 1. The van der Waals surface area contributed by atoms with E-state index in [1.54, 1.807) is 57.4 Å². The van der Waals surface area contributed by atoms with Gasteiger partial charge in [-0.3, -0.25) is 15.2 Å². The van der Waals surface area contributed by atoms with Gasteiger partial charge in [0.1, 0.15) is 5.60 Å². The van der Waals surface area contributed by atoms with Crippen molar-refractivity contribution in [2.24, 2.45) is 0 Å². The molecule has 1 amide bonds. The van der Waals surface area contributed by atoms with Crippen LogP contribution in [0.3, 0.4) is 0 Å². The van der Waals surface area contributed by atoms with Gasteiger partial charge in [-0.1, -0.05) is 18.2 Å². The van der Waals surface area contributed by atoms with Gasteiger partial charge >= 0.3 is 6.09 Å². The third kappa shape index (κ3) is 5.72. The van der Waals surface area contributed by atoms with Gasteiger partial charge in [0.05, 0.1) is 6.20 Å². The van der Waals surface area contributed by atoms with E-state index < -0.39 is 11.7 Å². The summed E-state index contributed by atoms with van der Waals surface area (Å²) in [6.45, 7) is 5.38. The molecule has 0 atom stereocenters. The van der Waals surface area contributed by atoms with E-state index in [2.05, 4.69) is 15.5 Å². The monoisotopic (exact) mass is 327 g/mol. The van der Waals surface area contributed by atoms with Gasteiger partial charge in [0.2, 0.25) is 0 Å². The SMILES string of the molecule is CC(C)(C)OC(=O)Nc1ccccc1CC(=O)/C=C/c1cn[nH]c1. The van der Waals surface area contributed by atoms with Crippen molar-refractivity contribution in [3.8, 4) is 0 Å². The predicted molar refractivity (Wildman–Crippen MR) is 92.6 cm³/mol. The summed E-state index contributed by atoms with van der Waals surface area (Å²) in [6, 6.07) is 7.16. The van der Waals surface area contributed by atoms with Crippen LogP contribution in [-0.4, -0.2) is 27.7 Å². The van der Waals surface area contributed by atoms with Crippen molar-refractivity contribution in [2.45, 2.75) is 32.8 Å². The predicted octanol–water partition coefficient (Wildman–Crippen LogP) is 3.58. The van der Waals surface area contributed by atoms with E-state index in [0.29, 0.717) is 5.69 Å². The van der Waals surface area contributed by atoms with Gasteiger partial charge in [0.15, 0.2) is 5.78 Å². The highest BCUT2D eigenvalue weighted by Gasteiger charge is 2.17. The molecule has 0 bridgehead atoms. The van der Waals surface area contributed by atoms with E-state index in [4.69, 9.17) is 4.74 Å². The number of hydrogen-bond donors (Lipinski definition) is 2. The lowest BCUT2D eigenvalue weighted by Crippen LogP contribution is -2.27. The zero-order valence-corrected chi connectivity index (χ0v) is 14.0. The maximum Gasteiger partial charge on any atom is 0.412 e. The van der Waals surface area contributed by atoms with Gasteiger partial charge in [-0.05, 0) is 44.6 Å². The Morgan fingerprint density at radius 2 is 2.04 bits per heavy atom. The fraction of sp³-hybridized carbons (Fsp3) is 0.278. The van der Waals surface area contributed by atoms with Crippen LogP contribution in [0.25, 0.3) is 6.08 Å². The molecule has 0 aliphatic heterocycles. The lowest BCUT2D eigenvalue weighted by molar-refractivity contribution is -0.113. The largest absolute Gasteiger partial charge is 0.444 e. The van der Waals surface area contributed by atoms with Crippen molar-refractivity contribution in [3.63, 3.8) is 0 Å². The van der Waals surface area contributed by atoms with Crippen LogP contribution >= 0.6 is 0 Å². The highest BCUT2D eigenvalue weighted by atomic mass is 16.6. The maximum atomic E-state index is 12.1. The fourth-order valence-electron chi connectivity index (χ4n) is 2.00. The van der Waals surface area contributed by atoms with E-state index in [1.165, 1.54) is 6.08 Å². The van der Waals surface area contributed by atoms with Crippen LogP contribution < -0.4 is 5.32 Å². The molecule has 2 rings (SSSR count). The number of benzene rings is 1. The number of allylic oxidation sites excluding steroid dienone is 1. The molecule has 24 heavy (non-hydrogen) atoms. The Labute approximate surface area is 140 Å². The second kappa shape index (κ2) is 7.59. The summed E-state index contributed by atoms with van der Waals surface area (Å²) < 4.78 is 5.24. The molecule has 2 N–H and O–H groups in total. The number of aromatic amines is 1. The van der Waals surface area contributed by atoms with Crippen LogP contribution in [0.5, 0.6) is 0 Å². The number of carbonyl (C=O) groups is 2. The summed E-state index contributed by atoms with van der Waals surface area (Å²) in [5.74, 6) is -0.0744. The summed E-state index contributed by atoms with van der Waals surface area (Å²) in [5.41, 5.74) is 1.54. The number of H-pyrrole nitrogens is 1. The second-order valence-electron chi connectivity index (χ2n) is 6.29. The van der Waals surface area contributed by atoms with Crippen LogP contribution in [0.15, 0.2) is 42.7 Å². The average molecular weight is 327 g/mol. The summed E-state index contributed by atoms with van der Waals surface area (Å²) in [6.07, 6.45) is 6.14. The normalized spacial score (nSPS) is 11.5. The van der Waals surface area contributed by atoms with Crippen LogP contribution in [0.1, 0.15) is 31.9 Å². The zero-order valence-electron chi connectivity index (χ0n) is 14.0. The van der Waals surface area contributed by atoms with Crippen molar-refractivity contribution in [1.82, 2.24) is 10.2 Å². The standard InChI is InChI=1S/C18H21N3O3/c1-18(2,3)24-17(23)21-16-7-5-4-6-14(16)10-15(22)9-8-13-11-19-20-12-13/h4-9,11-12H,10H2,1-3H3,(H,19,20)(H,21,23)/b9-8+. The van der Waals surface area contributed by atoms with Crippen molar-refractivity contribution < 1.29 is 14.3 Å². The van der Waals surface area contributed by atoms with Crippen molar-refractivity contribution in [1.29, 1.82) is 0 Å². The van der Waals surface area contributed by atoms with Crippen LogP contribution in [-0.2, 0) is 16.0 Å². The van der Waals surface area contributed by atoms with Gasteiger partial charge in [0.25, 0.3) is 0 Å². The first-order chi connectivity index (χ1) is 11.3. The molecule has 1 aromatic heterocycles. The first-order valence-corrected chi connectivity index (χ1v) is 7.61. The van der Waals surface area contributed by atoms with Crippen molar-refractivity contribution in [2.75, 3.05) is 5.32 Å². The molecule has 0 aliphatic rings. The molecular weight excluding hydrogens is 306 g/mol. The molecule has 0 saturated carbocycles. The van der Waals surface area contributed by atoms with Crippen LogP contribution in [0.4, 0.5) is 10.5 Å². The fourth-order valence-corrected chi connectivity index (χ4v) is 2.00. The van der Waals surface area contributed by atoms with E-state index in [-0.39, 0.29) is 12.2 Å². The summed E-state index contributed by atoms with van der Waals surface area (Å²) in [4.78, 5) is 24.0. The minimum absolute atomic E-state index is 0.0744. The first-order valence-electron chi connectivity index (χ1n) is 7.61. The number of ketones is 1. The van der Waals surface area contributed by atoms with Crippen LogP contribution in [0, 0.1) is 0 Å². The van der Waals surface area contributed by atoms with Crippen molar-refractivity contribution in [3.05, 3.63) is 53.9 Å². The Kier molecular flexibility index (Phi) is 5.52. The summed E-state index contributed by atoms with van der Waals surface area (Å²) in [5, 5.41) is 9.18. The lowest BCUT2D eigenvalue weighted by Gasteiger charge is -2.20. The molecule has 6 heteroatoms. The molecule has 1 heterocycles. The number of ether oxygens (including phenoxy) is 1. The smallest absolute Gasteiger partial charge is 0.412 e. The highest BCUT2D eigenvalue weighted by molar-refractivity contribution is 5.96. The number of para-hydroxylation sites is 1. The van der Waals surface area contributed by atoms with Gasteiger partial charge < -0.3 is 4.74 Å². The topological polar surface area (TPSA) is 84.1 Å². The molecule has 0 radical (unpaired) electrons. The number of carbonyl (C=O) groups excluding carboxylic acids is 2. The Morgan fingerprint density at radius 1 is 1.29 bits per heavy atom. The molecule has 0 spiro atoms. The molecule has 1 aromatic carbocycles. The number of hydrogen-bond acceptors (Lipinski definition) is 4. The number of amides is 1. The number of rotatable bonds is 5. The summed E-state index contributed by atoms with van der Waals surface area (Å²) in [7, 11) is 0.